The Labute approximate surface area is 486 Å². The van der Waals surface area contributed by atoms with Crippen LogP contribution in [0.1, 0.15) is 310 Å². The first kappa shape index (κ1) is 78.1. The number of rotatable bonds is 62. The van der Waals surface area contributed by atoms with Gasteiger partial charge in [-0.3, -0.25) is 37.3 Å². The van der Waals surface area contributed by atoms with Crippen molar-refractivity contribution in [1.29, 1.82) is 0 Å². The van der Waals surface area contributed by atoms with Crippen molar-refractivity contribution in [2.45, 2.75) is 329 Å². The molecule has 5 atom stereocenters. The van der Waals surface area contributed by atoms with Crippen LogP contribution in [-0.4, -0.2) is 96.7 Å². The monoisotopic (exact) mass is 1180 g/mol. The molecule has 0 aliphatic rings. The van der Waals surface area contributed by atoms with Crippen LogP contribution >= 0.6 is 15.6 Å². The van der Waals surface area contributed by atoms with Crippen molar-refractivity contribution < 1.29 is 80.2 Å². The van der Waals surface area contributed by atoms with Crippen LogP contribution in [0.4, 0.5) is 0 Å². The second kappa shape index (κ2) is 56.2. The van der Waals surface area contributed by atoms with Crippen molar-refractivity contribution in [1.82, 2.24) is 0 Å². The fourth-order valence-electron chi connectivity index (χ4n) is 9.10. The summed E-state index contributed by atoms with van der Waals surface area (Å²) in [6.45, 7) is 4.77. The summed E-state index contributed by atoms with van der Waals surface area (Å²) in [5.41, 5.74) is 0. The summed E-state index contributed by atoms with van der Waals surface area (Å²) in [5, 5.41) is 10.5. The van der Waals surface area contributed by atoms with E-state index in [9.17, 15) is 43.2 Å². The van der Waals surface area contributed by atoms with Gasteiger partial charge < -0.3 is 33.8 Å². The average Bonchev–Trinajstić information content (AvgIpc) is 3.43. The Morgan fingerprint density at radius 1 is 0.300 bits per heavy atom. The topological polar surface area (TPSA) is 237 Å². The van der Waals surface area contributed by atoms with Crippen LogP contribution in [0, 0.1) is 0 Å². The van der Waals surface area contributed by atoms with Crippen LogP contribution in [0.15, 0.2) is 0 Å². The molecule has 80 heavy (non-hydrogen) atoms. The number of esters is 4. The van der Waals surface area contributed by atoms with E-state index in [1.165, 1.54) is 135 Å². The number of aliphatic hydroxyl groups excluding tert-OH is 1. The Hall–Kier alpha value is -1.94. The van der Waals surface area contributed by atoms with Gasteiger partial charge in [0.15, 0.2) is 12.2 Å². The number of phosphoric ester groups is 2. The van der Waals surface area contributed by atoms with Crippen molar-refractivity contribution in [3.05, 3.63) is 0 Å². The lowest BCUT2D eigenvalue weighted by molar-refractivity contribution is -0.161. The van der Waals surface area contributed by atoms with E-state index < -0.39 is 97.5 Å². The molecular formula is C61H118O17P2. The van der Waals surface area contributed by atoms with E-state index in [2.05, 4.69) is 27.7 Å². The zero-order valence-corrected chi connectivity index (χ0v) is 52.8. The van der Waals surface area contributed by atoms with Crippen molar-refractivity contribution in [3.63, 3.8) is 0 Å². The minimum atomic E-state index is -4.94. The minimum Gasteiger partial charge on any atom is -0.462 e. The van der Waals surface area contributed by atoms with Gasteiger partial charge in [0.2, 0.25) is 0 Å². The Balaban J connectivity index is 5.17. The first-order valence-electron chi connectivity index (χ1n) is 32.3. The standard InChI is InChI=1S/C61H118O17P2/c1-5-9-13-17-20-23-25-27-28-30-33-36-40-44-48-61(66)78-57(52-72-59(64)46-42-38-34-32-29-26-24-21-18-14-10-6-2)54-76-80(69,70)74-50-55(62)49-73-79(67,68)75-53-56(51-71-58(63)45-41-37-16-12-8-4)77-60(65)47-43-39-35-31-22-19-15-11-7-3/h55-57,62H,5-54H2,1-4H3,(H,67,68)(H,69,70)/t55-,56+,57+/m0/s1. The lowest BCUT2D eigenvalue weighted by Gasteiger charge is -2.21. The highest BCUT2D eigenvalue weighted by atomic mass is 31.2. The molecule has 0 aromatic heterocycles. The van der Waals surface area contributed by atoms with E-state index in [1.54, 1.807) is 0 Å². The van der Waals surface area contributed by atoms with Crippen LogP contribution in [0.25, 0.3) is 0 Å². The normalized spacial score (nSPS) is 14.2. The summed E-state index contributed by atoms with van der Waals surface area (Å²) in [7, 11) is -9.87. The molecule has 0 radical (unpaired) electrons. The average molecular weight is 1190 g/mol. The molecule has 474 valence electrons. The van der Waals surface area contributed by atoms with Crippen LogP contribution in [0.2, 0.25) is 0 Å². The number of carbonyl (C=O) groups excluding carboxylic acids is 4. The molecule has 0 aromatic carbocycles. The first-order valence-corrected chi connectivity index (χ1v) is 35.3. The minimum absolute atomic E-state index is 0.105. The number of hydrogen-bond acceptors (Lipinski definition) is 15. The van der Waals surface area contributed by atoms with Crippen molar-refractivity contribution >= 4 is 39.5 Å². The van der Waals surface area contributed by atoms with Crippen molar-refractivity contribution in [2.24, 2.45) is 0 Å². The van der Waals surface area contributed by atoms with Crippen molar-refractivity contribution in [3.8, 4) is 0 Å². The molecule has 0 amide bonds. The molecule has 0 heterocycles. The zero-order valence-electron chi connectivity index (χ0n) is 51.0. The number of hydrogen-bond donors (Lipinski definition) is 3. The molecule has 0 fully saturated rings. The third-order valence-electron chi connectivity index (χ3n) is 14.1. The number of unbranched alkanes of at least 4 members (excludes halogenated alkanes) is 36. The summed E-state index contributed by atoms with van der Waals surface area (Å²) in [5.74, 6) is -2.15. The van der Waals surface area contributed by atoms with Crippen molar-refractivity contribution in [2.75, 3.05) is 39.6 Å². The van der Waals surface area contributed by atoms with E-state index >= 15 is 0 Å². The molecule has 0 bridgehead atoms. The maximum atomic E-state index is 12.9. The number of phosphoric acid groups is 2. The molecule has 3 N–H and O–H groups in total. The second-order valence-electron chi connectivity index (χ2n) is 22.1. The van der Waals surface area contributed by atoms with Gasteiger partial charge >= 0.3 is 39.5 Å². The summed E-state index contributed by atoms with van der Waals surface area (Å²) in [6.07, 6.45) is 40.6. The highest BCUT2D eigenvalue weighted by Crippen LogP contribution is 2.45. The van der Waals surface area contributed by atoms with Gasteiger partial charge in [-0.15, -0.1) is 0 Å². The van der Waals surface area contributed by atoms with E-state index in [-0.39, 0.29) is 25.7 Å². The smallest absolute Gasteiger partial charge is 0.462 e. The fourth-order valence-corrected chi connectivity index (χ4v) is 10.7. The van der Waals surface area contributed by atoms with Gasteiger partial charge in [-0.05, 0) is 25.7 Å². The second-order valence-corrected chi connectivity index (χ2v) is 25.0. The first-order chi connectivity index (χ1) is 38.7. The van der Waals surface area contributed by atoms with Gasteiger partial charge in [-0.1, -0.05) is 259 Å². The van der Waals surface area contributed by atoms with Gasteiger partial charge in [0.1, 0.15) is 19.3 Å². The summed E-state index contributed by atoms with van der Waals surface area (Å²) in [6, 6.07) is 0. The maximum absolute atomic E-state index is 12.9. The summed E-state index contributed by atoms with van der Waals surface area (Å²) >= 11 is 0. The maximum Gasteiger partial charge on any atom is 0.472 e. The third-order valence-corrected chi connectivity index (χ3v) is 16.0. The molecule has 0 spiro atoms. The molecule has 0 saturated carbocycles. The Morgan fingerprint density at radius 3 is 0.738 bits per heavy atom. The van der Waals surface area contributed by atoms with Crippen LogP contribution in [0.5, 0.6) is 0 Å². The Morgan fingerprint density at radius 2 is 0.500 bits per heavy atom. The van der Waals surface area contributed by atoms with E-state index in [4.69, 9.17) is 37.0 Å². The molecule has 17 nitrogen and oxygen atoms in total. The van der Waals surface area contributed by atoms with Gasteiger partial charge in [-0.25, -0.2) is 9.13 Å². The molecule has 19 heteroatoms. The predicted octanol–water partition coefficient (Wildman–Crippen LogP) is 16.8. The van der Waals surface area contributed by atoms with E-state index in [0.29, 0.717) is 25.7 Å². The highest BCUT2D eigenvalue weighted by molar-refractivity contribution is 7.47. The number of ether oxygens (including phenoxy) is 4. The number of aliphatic hydroxyl groups is 1. The molecule has 0 aromatic rings. The number of carbonyl (C=O) groups is 4. The predicted molar refractivity (Wildman–Crippen MR) is 317 cm³/mol. The lowest BCUT2D eigenvalue weighted by atomic mass is 10.0. The third kappa shape index (κ3) is 55.3. The molecule has 2 unspecified atom stereocenters. The van der Waals surface area contributed by atoms with Gasteiger partial charge in [0, 0.05) is 25.7 Å². The largest absolute Gasteiger partial charge is 0.472 e. The molecule has 0 saturated heterocycles. The molecule has 0 aliphatic heterocycles. The SMILES string of the molecule is CCCCCCCCCCCCCCCCC(=O)O[C@H](COC(=O)CCCCCCCCCCCCCC)COP(=O)(O)OC[C@@H](O)COP(=O)(O)OC[C@@H](COC(=O)CCCCCCC)OC(=O)CCCCCCCCCCC. The van der Waals surface area contributed by atoms with E-state index in [1.807, 2.05) is 0 Å². The quantitative estimate of drug-likeness (QED) is 0.0222. The van der Waals surface area contributed by atoms with E-state index in [0.717, 1.165) is 96.3 Å². The Bertz CT molecular complexity index is 1550. The van der Waals surface area contributed by atoms with Crippen LogP contribution in [-0.2, 0) is 65.4 Å². The zero-order chi connectivity index (χ0) is 59.1. The molecule has 0 rings (SSSR count). The molecular weight excluding hydrogens is 1070 g/mol. The van der Waals surface area contributed by atoms with Gasteiger partial charge in [0.25, 0.3) is 0 Å². The van der Waals surface area contributed by atoms with Gasteiger partial charge in [-0.2, -0.15) is 0 Å². The lowest BCUT2D eigenvalue weighted by Crippen LogP contribution is -2.30. The summed E-state index contributed by atoms with van der Waals surface area (Å²) in [4.78, 5) is 71.8. The van der Waals surface area contributed by atoms with Crippen LogP contribution < -0.4 is 0 Å². The Kier molecular flexibility index (Phi) is 54.8. The highest BCUT2D eigenvalue weighted by Gasteiger charge is 2.30. The molecule has 0 aliphatic carbocycles. The summed E-state index contributed by atoms with van der Waals surface area (Å²) < 4.78 is 67.7. The van der Waals surface area contributed by atoms with Crippen LogP contribution in [0.3, 0.4) is 0 Å². The van der Waals surface area contributed by atoms with Gasteiger partial charge in [0.05, 0.1) is 26.4 Å². The fraction of sp³-hybridized carbons (Fsp3) is 0.934.